The van der Waals surface area contributed by atoms with Gasteiger partial charge in [-0.1, -0.05) is 25.1 Å². The Balaban J connectivity index is 2.41. The molecule has 0 atom stereocenters. The molecule has 0 aliphatic heterocycles. The van der Waals surface area contributed by atoms with Gasteiger partial charge >= 0.3 is 5.97 Å². The molecule has 0 bridgehead atoms. The molecule has 2 aromatic rings. The summed E-state index contributed by atoms with van der Waals surface area (Å²) in [5, 5.41) is 0. The lowest BCUT2D eigenvalue weighted by atomic mass is 10.2. The highest BCUT2D eigenvalue weighted by molar-refractivity contribution is 7.92. The normalized spacial score (nSPS) is 11.0. The van der Waals surface area contributed by atoms with Crippen molar-refractivity contribution in [3.63, 3.8) is 0 Å². The van der Waals surface area contributed by atoms with E-state index in [2.05, 4.69) is 14.4 Å². The number of aryl methyl sites for hydroxylation is 1. The maximum Gasteiger partial charge on any atom is 0.339 e. The summed E-state index contributed by atoms with van der Waals surface area (Å²) in [7, 11) is -2.74. The van der Waals surface area contributed by atoms with Gasteiger partial charge < -0.3 is 4.74 Å². The van der Waals surface area contributed by atoms with Gasteiger partial charge in [0.1, 0.15) is 10.7 Å². The van der Waals surface area contributed by atoms with Crippen molar-refractivity contribution in [3.05, 3.63) is 53.7 Å². The molecule has 0 amide bonds. The maximum absolute atomic E-state index is 12.5. The summed E-state index contributed by atoms with van der Waals surface area (Å²) in [6.07, 6.45) is 0.689. The third kappa shape index (κ3) is 3.43. The van der Waals surface area contributed by atoms with Crippen molar-refractivity contribution in [2.45, 2.75) is 18.2 Å². The Bertz CT molecular complexity index is 788. The number of benzene rings is 1. The fourth-order valence-electron chi connectivity index (χ4n) is 1.91. The second kappa shape index (κ2) is 6.57. The van der Waals surface area contributed by atoms with Gasteiger partial charge in [0.2, 0.25) is 0 Å². The van der Waals surface area contributed by atoms with E-state index in [1.165, 1.54) is 25.3 Å². The van der Waals surface area contributed by atoms with Crippen molar-refractivity contribution >= 4 is 21.8 Å². The van der Waals surface area contributed by atoms with E-state index in [4.69, 9.17) is 0 Å². The van der Waals surface area contributed by atoms with E-state index in [-0.39, 0.29) is 16.3 Å². The lowest BCUT2D eigenvalue weighted by Crippen LogP contribution is -2.18. The number of methoxy groups -OCH3 is 1. The largest absolute Gasteiger partial charge is 0.465 e. The van der Waals surface area contributed by atoms with Gasteiger partial charge in [0.15, 0.2) is 0 Å². The van der Waals surface area contributed by atoms with Gasteiger partial charge in [-0.3, -0.25) is 4.72 Å². The number of nitrogens with one attached hydrogen (secondary N) is 1. The zero-order valence-electron chi connectivity index (χ0n) is 12.2. The van der Waals surface area contributed by atoms with E-state index in [1.807, 2.05) is 6.92 Å². The Labute approximate surface area is 129 Å². The highest BCUT2D eigenvalue weighted by Gasteiger charge is 2.23. The molecule has 2 rings (SSSR count). The quantitative estimate of drug-likeness (QED) is 0.854. The van der Waals surface area contributed by atoms with E-state index in [0.717, 1.165) is 5.69 Å². The molecule has 1 N–H and O–H groups in total. The van der Waals surface area contributed by atoms with Crippen molar-refractivity contribution in [2.24, 2.45) is 0 Å². The van der Waals surface area contributed by atoms with Crippen LogP contribution in [0.5, 0.6) is 0 Å². The first-order valence-electron chi connectivity index (χ1n) is 6.64. The standard InChI is InChI=1S/C15H16N2O4S/c1-3-11-7-6-10-14(16-11)17-22(19,20)13-9-5-4-8-12(13)15(18)21-2/h4-10H,3H2,1-2H3,(H,16,17). The van der Waals surface area contributed by atoms with Crippen molar-refractivity contribution in [1.82, 2.24) is 4.98 Å². The molecule has 0 fully saturated rings. The van der Waals surface area contributed by atoms with Gasteiger partial charge in [0.25, 0.3) is 10.0 Å². The predicted molar refractivity (Wildman–Crippen MR) is 82.2 cm³/mol. The van der Waals surface area contributed by atoms with E-state index in [0.29, 0.717) is 6.42 Å². The van der Waals surface area contributed by atoms with Crippen LogP contribution in [-0.4, -0.2) is 26.5 Å². The average molecular weight is 320 g/mol. The predicted octanol–water partition coefficient (Wildman–Crippen LogP) is 2.23. The molecule has 0 unspecified atom stereocenters. The number of hydrogen-bond donors (Lipinski definition) is 1. The molecule has 0 spiro atoms. The van der Waals surface area contributed by atoms with Crippen LogP contribution in [0.4, 0.5) is 5.82 Å². The Morgan fingerprint density at radius 2 is 1.91 bits per heavy atom. The van der Waals surface area contributed by atoms with E-state index < -0.39 is 16.0 Å². The summed E-state index contributed by atoms with van der Waals surface area (Å²) in [6.45, 7) is 1.92. The Kier molecular flexibility index (Phi) is 4.77. The fraction of sp³-hybridized carbons (Fsp3) is 0.200. The summed E-state index contributed by atoms with van der Waals surface area (Å²) in [5.41, 5.74) is 0.741. The summed E-state index contributed by atoms with van der Waals surface area (Å²) in [5.74, 6) is -0.504. The molecule has 1 aromatic carbocycles. The van der Waals surface area contributed by atoms with Crippen LogP contribution in [0.3, 0.4) is 0 Å². The van der Waals surface area contributed by atoms with Crippen LogP contribution in [0.25, 0.3) is 0 Å². The van der Waals surface area contributed by atoms with Gasteiger partial charge in [0, 0.05) is 5.69 Å². The van der Waals surface area contributed by atoms with Crippen LogP contribution in [0.15, 0.2) is 47.4 Å². The fourth-order valence-corrected chi connectivity index (χ4v) is 3.10. The number of hydrogen-bond acceptors (Lipinski definition) is 5. The molecule has 22 heavy (non-hydrogen) atoms. The van der Waals surface area contributed by atoms with E-state index in [1.54, 1.807) is 24.3 Å². The van der Waals surface area contributed by atoms with Gasteiger partial charge in [-0.15, -0.1) is 0 Å². The van der Waals surface area contributed by atoms with Crippen molar-refractivity contribution in [3.8, 4) is 0 Å². The maximum atomic E-state index is 12.5. The topological polar surface area (TPSA) is 85.4 Å². The zero-order chi connectivity index (χ0) is 16.2. The van der Waals surface area contributed by atoms with Crippen LogP contribution in [0, 0.1) is 0 Å². The lowest BCUT2D eigenvalue weighted by Gasteiger charge is -2.11. The number of aromatic nitrogens is 1. The van der Waals surface area contributed by atoms with Crippen molar-refractivity contribution < 1.29 is 17.9 Å². The highest BCUT2D eigenvalue weighted by atomic mass is 32.2. The van der Waals surface area contributed by atoms with Gasteiger partial charge in [0.05, 0.1) is 12.7 Å². The van der Waals surface area contributed by atoms with Crippen molar-refractivity contribution in [2.75, 3.05) is 11.8 Å². The highest BCUT2D eigenvalue weighted by Crippen LogP contribution is 2.19. The average Bonchev–Trinajstić information content (AvgIpc) is 2.54. The minimum Gasteiger partial charge on any atom is -0.465 e. The summed E-state index contributed by atoms with van der Waals surface area (Å²) >= 11 is 0. The number of sulfonamides is 1. The smallest absolute Gasteiger partial charge is 0.339 e. The summed E-state index contributed by atoms with van der Waals surface area (Å²) in [6, 6.07) is 10.9. The third-order valence-corrected chi connectivity index (χ3v) is 4.40. The number of nitrogens with zero attached hydrogens (tertiary/aromatic N) is 1. The van der Waals surface area contributed by atoms with Crippen LogP contribution < -0.4 is 4.72 Å². The minimum absolute atomic E-state index is 0.0239. The number of esters is 1. The van der Waals surface area contributed by atoms with Crippen LogP contribution in [-0.2, 0) is 21.2 Å². The molecule has 1 aromatic heterocycles. The van der Waals surface area contributed by atoms with Gasteiger partial charge in [-0.05, 0) is 30.7 Å². The van der Waals surface area contributed by atoms with Gasteiger partial charge in [-0.2, -0.15) is 0 Å². The van der Waals surface area contributed by atoms with E-state index in [9.17, 15) is 13.2 Å². The molecule has 1 heterocycles. The second-order valence-electron chi connectivity index (χ2n) is 4.46. The molecule has 6 nitrogen and oxygen atoms in total. The Morgan fingerprint density at radius 1 is 1.18 bits per heavy atom. The molecule has 0 radical (unpaired) electrons. The summed E-state index contributed by atoms with van der Waals surface area (Å²) in [4.78, 5) is 15.7. The Morgan fingerprint density at radius 3 is 2.59 bits per heavy atom. The first-order chi connectivity index (χ1) is 10.5. The third-order valence-electron chi connectivity index (χ3n) is 2.99. The molecular weight excluding hydrogens is 304 g/mol. The Hall–Kier alpha value is -2.41. The van der Waals surface area contributed by atoms with E-state index >= 15 is 0 Å². The number of pyridine rings is 1. The SMILES string of the molecule is CCc1cccc(NS(=O)(=O)c2ccccc2C(=O)OC)n1. The monoisotopic (exact) mass is 320 g/mol. The first kappa shape index (κ1) is 16.0. The molecule has 0 aliphatic carbocycles. The second-order valence-corrected chi connectivity index (χ2v) is 6.11. The molecule has 0 saturated heterocycles. The molecule has 7 heteroatoms. The van der Waals surface area contributed by atoms with Crippen molar-refractivity contribution in [1.29, 1.82) is 0 Å². The number of ether oxygens (including phenoxy) is 1. The molecule has 116 valence electrons. The molecular formula is C15H16N2O4S. The molecule has 0 saturated carbocycles. The number of carbonyl (C=O) groups excluding carboxylic acids is 1. The zero-order valence-corrected chi connectivity index (χ0v) is 13.1. The van der Waals surface area contributed by atoms with Gasteiger partial charge in [-0.25, -0.2) is 18.2 Å². The summed E-state index contributed by atoms with van der Waals surface area (Å²) < 4.78 is 32.0. The number of rotatable bonds is 5. The lowest BCUT2D eigenvalue weighted by molar-refractivity contribution is 0.0596. The molecule has 0 aliphatic rings. The van der Waals surface area contributed by atoms with Crippen LogP contribution >= 0.6 is 0 Å². The minimum atomic E-state index is -3.94. The number of anilines is 1. The first-order valence-corrected chi connectivity index (χ1v) is 8.12. The number of carbonyl (C=O) groups is 1. The van der Waals surface area contributed by atoms with Crippen LogP contribution in [0.1, 0.15) is 23.0 Å². The van der Waals surface area contributed by atoms with Crippen LogP contribution in [0.2, 0.25) is 0 Å².